The molecule has 0 aliphatic rings. The largest absolute Gasteiger partial charge is 0.298 e. The molecule has 3 aromatic rings. The molecule has 0 aliphatic carbocycles. The molecule has 0 unspecified atom stereocenters. The highest BCUT2D eigenvalue weighted by Gasteiger charge is 2.09. The van der Waals surface area contributed by atoms with E-state index in [1.54, 1.807) is 6.07 Å². The van der Waals surface area contributed by atoms with Gasteiger partial charge >= 0.3 is 0 Å². The number of halogens is 1. The number of nitrogens with zero attached hydrogens (tertiary/aromatic N) is 3. The Labute approximate surface area is 118 Å². The van der Waals surface area contributed by atoms with Gasteiger partial charge in [-0.3, -0.25) is 9.20 Å². The van der Waals surface area contributed by atoms with Gasteiger partial charge < -0.3 is 0 Å². The lowest BCUT2D eigenvalue weighted by atomic mass is 10.1. The van der Waals surface area contributed by atoms with Crippen molar-refractivity contribution in [2.75, 3.05) is 0 Å². The van der Waals surface area contributed by atoms with E-state index in [4.69, 9.17) is 0 Å². The summed E-state index contributed by atoms with van der Waals surface area (Å²) < 4.78 is 2.90. The smallest absolute Gasteiger partial charge is 0.171 e. The average molecular weight is 316 g/mol. The summed E-state index contributed by atoms with van der Waals surface area (Å²) in [5.41, 5.74) is 2.30. The van der Waals surface area contributed by atoms with Crippen molar-refractivity contribution in [2.45, 2.75) is 6.42 Å². The van der Waals surface area contributed by atoms with Crippen LogP contribution in [0.5, 0.6) is 0 Å². The van der Waals surface area contributed by atoms with Crippen molar-refractivity contribution in [1.29, 1.82) is 0 Å². The Kier molecular flexibility index (Phi) is 3.13. The van der Waals surface area contributed by atoms with E-state index in [-0.39, 0.29) is 0 Å². The standard InChI is InChI=1S/C14H10BrN3O/c15-12-5-3-10(4-6-12)8-13-16-17-14-11(9-19)2-1-7-18(13)14/h1-7,9H,8H2. The monoisotopic (exact) mass is 315 g/mol. The molecule has 5 heteroatoms. The number of hydrogen-bond acceptors (Lipinski definition) is 3. The molecule has 0 amide bonds. The summed E-state index contributed by atoms with van der Waals surface area (Å²) in [7, 11) is 0. The Morgan fingerprint density at radius 3 is 2.68 bits per heavy atom. The van der Waals surface area contributed by atoms with Crippen molar-refractivity contribution in [3.63, 3.8) is 0 Å². The van der Waals surface area contributed by atoms with Crippen LogP contribution >= 0.6 is 15.9 Å². The Hall–Kier alpha value is -2.01. The second-order valence-electron chi connectivity index (χ2n) is 4.19. The zero-order valence-corrected chi connectivity index (χ0v) is 11.5. The van der Waals surface area contributed by atoms with Gasteiger partial charge in [0.15, 0.2) is 11.9 Å². The first kappa shape index (κ1) is 12.0. The lowest BCUT2D eigenvalue weighted by molar-refractivity contribution is 0.112. The van der Waals surface area contributed by atoms with Crippen molar-refractivity contribution >= 4 is 27.9 Å². The number of aromatic nitrogens is 3. The third-order valence-corrected chi connectivity index (χ3v) is 3.47. The third-order valence-electron chi connectivity index (χ3n) is 2.94. The molecule has 0 atom stereocenters. The summed E-state index contributed by atoms with van der Waals surface area (Å²) in [5, 5.41) is 8.24. The molecular weight excluding hydrogens is 306 g/mol. The molecule has 3 rings (SSSR count). The van der Waals surface area contributed by atoms with Gasteiger partial charge in [0.1, 0.15) is 5.82 Å². The highest BCUT2D eigenvalue weighted by atomic mass is 79.9. The molecule has 0 spiro atoms. The Morgan fingerprint density at radius 2 is 1.95 bits per heavy atom. The first-order chi connectivity index (χ1) is 9.28. The number of hydrogen-bond donors (Lipinski definition) is 0. The normalized spacial score (nSPS) is 10.8. The zero-order chi connectivity index (χ0) is 13.2. The summed E-state index contributed by atoms with van der Waals surface area (Å²) >= 11 is 3.41. The van der Waals surface area contributed by atoms with Gasteiger partial charge in [-0.1, -0.05) is 28.1 Å². The van der Waals surface area contributed by atoms with Crippen LogP contribution in [-0.4, -0.2) is 20.9 Å². The first-order valence-corrected chi connectivity index (χ1v) is 6.59. The summed E-state index contributed by atoms with van der Waals surface area (Å²) in [6, 6.07) is 11.6. The lowest BCUT2D eigenvalue weighted by Gasteiger charge is -2.01. The maximum atomic E-state index is 10.9. The number of carbonyl (C=O) groups is 1. The molecular formula is C14H10BrN3O. The van der Waals surface area contributed by atoms with Crippen LogP contribution in [0.1, 0.15) is 21.7 Å². The summed E-state index contributed by atoms with van der Waals surface area (Å²) in [6.07, 6.45) is 3.35. The van der Waals surface area contributed by atoms with Gasteiger partial charge in [0.05, 0.1) is 5.56 Å². The van der Waals surface area contributed by atoms with Crippen LogP contribution in [0.15, 0.2) is 47.1 Å². The van der Waals surface area contributed by atoms with Crippen molar-refractivity contribution in [3.8, 4) is 0 Å². The second kappa shape index (κ2) is 4.93. The number of carbonyl (C=O) groups excluding carboxylic acids is 1. The second-order valence-corrected chi connectivity index (χ2v) is 5.11. The zero-order valence-electron chi connectivity index (χ0n) is 9.95. The van der Waals surface area contributed by atoms with Crippen LogP contribution in [0, 0.1) is 0 Å². The van der Waals surface area contributed by atoms with Gasteiger partial charge in [0, 0.05) is 17.1 Å². The minimum Gasteiger partial charge on any atom is -0.298 e. The Morgan fingerprint density at radius 1 is 1.16 bits per heavy atom. The van der Waals surface area contributed by atoms with Crippen molar-refractivity contribution < 1.29 is 4.79 Å². The van der Waals surface area contributed by atoms with E-state index in [0.29, 0.717) is 17.6 Å². The van der Waals surface area contributed by atoms with E-state index in [1.807, 2.05) is 40.9 Å². The van der Waals surface area contributed by atoms with E-state index in [9.17, 15) is 4.79 Å². The lowest BCUT2D eigenvalue weighted by Crippen LogP contribution is -1.97. The van der Waals surface area contributed by atoms with Crippen LogP contribution in [0.2, 0.25) is 0 Å². The number of fused-ring (bicyclic) bond motifs is 1. The predicted molar refractivity (Wildman–Crippen MR) is 75.3 cm³/mol. The molecule has 0 saturated carbocycles. The highest BCUT2D eigenvalue weighted by molar-refractivity contribution is 9.10. The van der Waals surface area contributed by atoms with Gasteiger partial charge in [-0.15, -0.1) is 10.2 Å². The molecule has 94 valence electrons. The van der Waals surface area contributed by atoms with E-state index in [0.717, 1.165) is 22.1 Å². The van der Waals surface area contributed by atoms with Gasteiger partial charge in [-0.25, -0.2) is 0 Å². The van der Waals surface area contributed by atoms with Gasteiger partial charge in [0.25, 0.3) is 0 Å². The first-order valence-electron chi connectivity index (χ1n) is 5.80. The third kappa shape index (κ3) is 2.29. The fourth-order valence-corrected chi connectivity index (χ4v) is 2.25. The highest BCUT2D eigenvalue weighted by Crippen LogP contribution is 2.15. The minimum atomic E-state index is 0.553. The molecule has 19 heavy (non-hydrogen) atoms. The SMILES string of the molecule is O=Cc1cccn2c(Cc3ccc(Br)cc3)nnc12. The quantitative estimate of drug-likeness (QED) is 0.698. The Balaban J connectivity index is 2.02. The fourth-order valence-electron chi connectivity index (χ4n) is 1.98. The summed E-state index contributed by atoms with van der Waals surface area (Å²) in [6.45, 7) is 0. The number of pyridine rings is 1. The molecule has 4 nitrogen and oxygen atoms in total. The van der Waals surface area contributed by atoms with Gasteiger partial charge in [-0.2, -0.15) is 0 Å². The number of aldehydes is 1. The maximum absolute atomic E-state index is 10.9. The van der Waals surface area contributed by atoms with Gasteiger partial charge in [-0.05, 0) is 29.8 Å². The van der Waals surface area contributed by atoms with Crippen LogP contribution < -0.4 is 0 Å². The topological polar surface area (TPSA) is 47.3 Å². The fraction of sp³-hybridized carbons (Fsp3) is 0.0714. The molecule has 0 radical (unpaired) electrons. The average Bonchev–Trinajstić information content (AvgIpc) is 2.84. The van der Waals surface area contributed by atoms with E-state index in [1.165, 1.54) is 0 Å². The number of rotatable bonds is 3. The molecule has 0 aliphatic heterocycles. The van der Waals surface area contributed by atoms with Crippen molar-refractivity contribution in [3.05, 3.63) is 64.0 Å². The van der Waals surface area contributed by atoms with E-state index >= 15 is 0 Å². The van der Waals surface area contributed by atoms with Crippen molar-refractivity contribution in [2.24, 2.45) is 0 Å². The predicted octanol–water partition coefficient (Wildman–Crippen LogP) is 2.90. The summed E-state index contributed by atoms with van der Waals surface area (Å²) in [5.74, 6) is 0.820. The maximum Gasteiger partial charge on any atom is 0.171 e. The molecule has 2 aromatic heterocycles. The molecule has 1 aromatic carbocycles. The molecule has 0 bridgehead atoms. The van der Waals surface area contributed by atoms with Crippen LogP contribution in [-0.2, 0) is 6.42 Å². The molecule has 0 saturated heterocycles. The van der Waals surface area contributed by atoms with Crippen LogP contribution in [0.4, 0.5) is 0 Å². The Bertz CT molecular complexity index is 734. The van der Waals surface area contributed by atoms with Crippen molar-refractivity contribution in [1.82, 2.24) is 14.6 Å². The summed E-state index contributed by atoms with van der Waals surface area (Å²) in [4.78, 5) is 10.9. The van der Waals surface area contributed by atoms with Crippen LogP contribution in [0.3, 0.4) is 0 Å². The molecule has 0 fully saturated rings. The molecule has 0 N–H and O–H groups in total. The van der Waals surface area contributed by atoms with E-state index in [2.05, 4.69) is 26.1 Å². The number of benzene rings is 1. The van der Waals surface area contributed by atoms with E-state index < -0.39 is 0 Å². The molecule has 2 heterocycles. The van der Waals surface area contributed by atoms with Crippen LogP contribution in [0.25, 0.3) is 5.65 Å². The minimum absolute atomic E-state index is 0.553. The van der Waals surface area contributed by atoms with Gasteiger partial charge in [0.2, 0.25) is 0 Å².